The highest BCUT2D eigenvalue weighted by Gasteiger charge is 2.36. The molecule has 0 saturated carbocycles. The van der Waals surface area contributed by atoms with Gasteiger partial charge in [-0.2, -0.15) is 0 Å². The Morgan fingerprint density at radius 3 is 2.38 bits per heavy atom. The number of rotatable bonds is 5. The maximum absolute atomic E-state index is 13.3. The Balaban J connectivity index is 1.64. The monoisotopic (exact) mass is 450 g/mol. The lowest BCUT2D eigenvalue weighted by Crippen LogP contribution is -2.35. The van der Waals surface area contributed by atoms with Gasteiger partial charge >= 0.3 is 0 Å². The van der Waals surface area contributed by atoms with E-state index in [1.165, 1.54) is 4.31 Å². The number of carbonyl (C=O) groups excluding carboxylic acids is 1. The number of anilines is 2. The number of benzene rings is 3. The lowest BCUT2D eigenvalue weighted by molar-refractivity contribution is 0.102. The van der Waals surface area contributed by atoms with Gasteiger partial charge in [0, 0.05) is 11.6 Å². The number of methoxy groups -OCH3 is 1. The first kappa shape index (κ1) is 21.9. The molecule has 0 radical (unpaired) electrons. The zero-order valence-electron chi connectivity index (χ0n) is 18.5. The highest BCUT2D eigenvalue weighted by molar-refractivity contribution is 7.92. The van der Waals surface area contributed by atoms with Crippen molar-refractivity contribution in [2.75, 3.05) is 16.7 Å². The Hall–Kier alpha value is -3.32. The molecule has 0 saturated heterocycles. The minimum Gasteiger partial charge on any atom is -0.495 e. The Morgan fingerprint density at radius 2 is 1.69 bits per heavy atom. The van der Waals surface area contributed by atoms with Gasteiger partial charge in [-0.3, -0.25) is 9.10 Å². The first-order valence-corrected chi connectivity index (χ1v) is 11.8. The van der Waals surface area contributed by atoms with Crippen molar-refractivity contribution in [1.82, 2.24) is 0 Å². The zero-order valence-corrected chi connectivity index (χ0v) is 19.4. The minimum atomic E-state index is -3.70. The molecular formula is C25H26N2O4S. The van der Waals surface area contributed by atoms with E-state index in [0.717, 1.165) is 16.7 Å². The summed E-state index contributed by atoms with van der Waals surface area (Å²) in [5, 5.41) is 2.90. The molecule has 1 aliphatic rings. The molecule has 4 rings (SSSR count). The summed E-state index contributed by atoms with van der Waals surface area (Å²) in [6, 6.07) is 17.3. The van der Waals surface area contributed by atoms with Crippen molar-refractivity contribution in [2.24, 2.45) is 0 Å². The third-order valence-corrected chi connectivity index (χ3v) is 7.62. The van der Waals surface area contributed by atoms with Crippen molar-refractivity contribution in [3.05, 3.63) is 82.9 Å². The summed E-state index contributed by atoms with van der Waals surface area (Å²) in [5.74, 6) is 0.304. The van der Waals surface area contributed by atoms with Crippen LogP contribution in [0.5, 0.6) is 5.75 Å². The number of aryl methyl sites for hydroxylation is 2. The molecule has 1 amide bonds. The van der Waals surface area contributed by atoms with Crippen LogP contribution in [0, 0.1) is 13.8 Å². The molecule has 0 aliphatic carbocycles. The van der Waals surface area contributed by atoms with Crippen LogP contribution in [0.3, 0.4) is 0 Å². The summed E-state index contributed by atoms with van der Waals surface area (Å²) >= 11 is 0. The van der Waals surface area contributed by atoms with E-state index in [4.69, 9.17) is 4.74 Å². The molecule has 1 heterocycles. The molecule has 1 aliphatic heterocycles. The van der Waals surface area contributed by atoms with Gasteiger partial charge in [0.1, 0.15) is 5.75 Å². The van der Waals surface area contributed by atoms with Gasteiger partial charge < -0.3 is 10.1 Å². The van der Waals surface area contributed by atoms with Gasteiger partial charge in [0.05, 0.1) is 23.4 Å². The third-order valence-electron chi connectivity index (χ3n) is 5.68. The number of hydrogen-bond donors (Lipinski definition) is 1. The summed E-state index contributed by atoms with van der Waals surface area (Å²) in [6.07, 6.45) is 0.537. The SMILES string of the molecule is COc1ccc(C)cc1NC(=O)c1ccc2c(c1)C[C@@H](C)N2S(=O)(=O)c1ccc(C)cc1. The molecule has 0 unspecified atom stereocenters. The van der Waals surface area contributed by atoms with Crippen molar-refractivity contribution in [3.63, 3.8) is 0 Å². The molecule has 166 valence electrons. The molecule has 0 fully saturated rings. The number of amides is 1. The van der Waals surface area contributed by atoms with E-state index in [9.17, 15) is 13.2 Å². The van der Waals surface area contributed by atoms with Crippen LogP contribution in [-0.4, -0.2) is 27.5 Å². The smallest absolute Gasteiger partial charge is 0.264 e. The van der Waals surface area contributed by atoms with Crippen LogP contribution in [0.2, 0.25) is 0 Å². The molecule has 3 aromatic rings. The number of fused-ring (bicyclic) bond motifs is 1. The van der Waals surface area contributed by atoms with Crippen molar-refractivity contribution in [1.29, 1.82) is 0 Å². The van der Waals surface area contributed by atoms with Crippen molar-refractivity contribution < 1.29 is 17.9 Å². The summed E-state index contributed by atoms with van der Waals surface area (Å²) in [7, 11) is -2.14. The average molecular weight is 451 g/mol. The molecule has 3 aromatic carbocycles. The van der Waals surface area contributed by atoms with Crippen molar-refractivity contribution in [3.8, 4) is 5.75 Å². The Labute approximate surface area is 188 Å². The van der Waals surface area contributed by atoms with Gasteiger partial charge in [0.2, 0.25) is 0 Å². The molecule has 1 atom stereocenters. The quantitative estimate of drug-likeness (QED) is 0.611. The number of ether oxygens (including phenoxy) is 1. The summed E-state index contributed by atoms with van der Waals surface area (Å²) in [5.41, 5.74) is 4.50. The molecule has 0 bridgehead atoms. The lowest BCUT2D eigenvalue weighted by Gasteiger charge is -2.24. The number of carbonyl (C=O) groups is 1. The van der Waals surface area contributed by atoms with Crippen molar-refractivity contribution in [2.45, 2.75) is 38.1 Å². The lowest BCUT2D eigenvalue weighted by atomic mass is 10.1. The van der Waals surface area contributed by atoms with Crippen LogP contribution in [0.15, 0.2) is 65.6 Å². The number of hydrogen-bond acceptors (Lipinski definition) is 4. The highest BCUT2D eigenvalue weighted by Crippen LogP contribution is 2.37. The third kappa shape index (κ3) is 3.96. The summed E-state index contributed by atoms with van der Waals surface area (Å²) < 4.78 is 33.4. The van der Waals surface area contributed by atoms with Crippen LogP contribution < -0.4 is 14.4 Å². The average Bonchev–Trinajstić information content (AvgIpc) is 3.09. The maximum atomic E-state index is 13.3. The van der Waals surface area contributed by atoms with Crippen LogP contribution in [0.25, 0.3) is 0 Å². The van der Waals surface area contributed by atoms with Gasteiger partial charge in [-0.1, -0.05) is 23.8 Å². The van der Waals surface area contributed by atoms with E-state index in [0.29, 0.717) is 29.1 Å². The van der Waals surface area contributed by atoms with Gasteiger partial charge in [-0.15, -0.1) is 0 Å². The molecule has 0 spiro atoms. The second-order valence-electron chi connectivity index (χ2n) is 8.17. The molecule has 1 N–H and O–H groups in total. The number of nitrogens with one attached hydrogen (secondary N) is 1. The van der Waals surface area contributed by atoms with Gasteiger partial charge in [-0.05, 0) is 80.8 Å². The van der Waals surface area contributed by atoms with Crippen LogP contribution >= 0.6 is 0 Å². The summed E-state index contributed by atoms with van der Waals surface area (Å²) in [6.45, 7) is 5.74. The summed E-state index contributed by atoms with van der Waals surface area (Å²) in [4.78, 5) is 13.2. The van der Waals surface area contributed by atoms with E-state index >= 15 is 0 Å². The first-order valence-electron chi connectivity index (χ1n) is 10.4. The van der Waals surface area contributed by atoms with E-state index in [2.05, 4.69) is 5.32 Å². The van der Waals surface area contributed by atoms with Gasteiger partial charge in [0.25, 0.3) is 15.9 Å². The van der Waals surface area contributed by atoms with Crippen LogP contribution in [-0.2, 0) is 16.4 Å². The number of sulfonamides is 1. The van der Waals surface area contributed by atoms with Crippen molar-refractivity contribution >= 4 is 27.3 Å². The minimum absolute atomic E-state index is 0.244. The maximum Gasteiger partial charge on any atom is 0.264 e. The van der Waals surface area contributed by atoms with Gasteiger partial charge in [0.15, 0.2) is 0 Å². The van der Waals surface area contributed by atoms with E-state index in [1.54, 1.807) is 49.6 Å². The Morgan fingerprint density at radius 1 is 1.00 bits per heavy atom. The fraction of sp³-hybridized carbons (Fsp3) is 0.240. The van der Waals surface area contributed by atoms with E-state index in [1.807, 2.05) is 39.0 Å². The molecule has 0 aromatic heterocycles. The zero-order chi connectivity index (χ0) is 23.0. The normalized spacial score (nSPS) is 15.4. The highest BCUT2D eigenvalue weighted by atomic mass is 32.2. The first-order chi connectivity index (χ1) is 15.2. The van der Waals surface area contributed by atoms with Crippen LogP contribution in [0.4, 0.5) is 11.4 Å². The second kappa shape index (κ2) is 8.31. The Kier molecular flexibility index (Phi) is 5.69. The largest absolute Gasteiger partial charge is 0.495 e. The fourth-order valence-electron chi connectivity index (χ4n) is 4.05. The predicted octanol–water partition coefficient (Wildman–Crippen LogP) is 4.70. The number of nitrogens with zero attached hydrogens (tertiary/aromatic N) is 1. The predicted molar refractivity (Wildman–Crippen MR) is 126 cm³/mol. The van der Waals surface area contributed by atoms with E-state index in [-0.39, 0.29) is 16.8 Å². The second-order valence-corrected chi connectivity index (χ2v) is 9.98. The van der Waals surface area contributed by atoms with E-state index < -0.39 is 10.0 Å². The molecule has 32 heavy (non-hydrogen) atoms. The van der Waals surface area contributed by atoms with Crippen LogP contribution in [0.1, 0.15) is 34.0 Å². The fourth-order valence-corrected chi connectivity index (χ4v) is 5.74. The van der Waals surface area contributed by atoms with Gasteiger partial charge in [-0.25, -0.2) is 8.42 Å². The molecule has 7 heteroatoms. The molecular weight excluding hydrogens is 424 g/mol. The Bertz CT molecular complexity index is 1280. The standard InChI is InChI=1S/C25H26N2O4S/c1-16-5-9-21(10-6-16)32(29,30)27-18(3)14-20-15-19(8-11-23(20)27)25(28)26-22-13-17(2)7-12-24(22)31-4/h5-13,15,18H,14H2,1-4H3,(H,26,28)/t18-/m1/s1. The topological polar surface area (TPSA) is 75.7 Å². The molecule has 6 nitrogen and oxygen atoms in total.